The Morgan fingerprint density at radius 2 is 0.314 bits per heavy atom. The van der Waals surface area contributed by atoms with Crippen LogP contribution in [0, 0.1) is 0 Å². The fourth-order valence-corrected chi connectivity index (χ4v) is 16.9. The lowest BCUT2D eigenvalue weighted by atomic mass is 9.81. The largest absolute Gasteiger partial charge is 0.0616 e. The molecule has 20 aromatic carbocycles. The fraction of sp³-hybridized carbons (Fsp3) is 0. The van der Waals surface area contributed by atoms with Crippen LogP contribution < -0.4 is 0 Å². The highest BCUT2D eigenvalue weighted by Crippen LogP contribution is 2.52. The number of fused-ring (bicyclic) bond motifs is 9. The van der Waals surface area contributed by atoms with Crippen molar-refractivity contribution in [3.63, 3.8) is 0 Å². The highest BCUT2D eigenvalue weighted by molar-refractivity contribution is 6.27. The topological polar surface area (TPSA) is 0 Å². The highest BCUT2D eigenvalue weighted by atomic mass is 14.3. The van der Waals surface area contributed by atoms with Crippen LogP contribution >= 0.6 is 0 Å². The van der Waals surface area contributed by atoms with E-state index in [2.05, 4.69) is 388 Å². The molecule has 0 aliphatic heterocycles. The van der Waals surface area contributed by atoms with Gasteiger partial charge in [-0.25, -0.2) is 0 Å². The van der Waals surface area contributed by atoms with Gasteiger partial charge in [-0.2, -0.15) is 0 Å². The lowest BCUT2D eigenvalue weighted by Gasteiger charge is -2.22. The molecule has 0 fully saturated rings. The zero-order valence-electron chi connectivity index (χ0n) is 56.0. The maximum atomic E-state index is 2.50. The van der Waals surface area contributed by atoms with Crippen LogP contribution in [0.4, 0.5) is 0 Å². The summed E-state index contributed by atoms with van der Waals surface area (Å²) < 4.78 is 0. The van der Waals surface area contributed by atoms with Gasteiger partial charge in [-0.1, -0.05) is 334 Å². The van der Waals surface area contributed by atoms with E-state index in [9.17, 15) is 0 Å². The summed E-state index contributed by atoms with van der Waals surface area (Å²) in [5, 5.41) is 21.9. The number of hydrogen-bond acceptors (Lipinski definition) is 0. The zero-order valence-corrected chi connectivity index (χ0v) is 56.0. The molecule has 0 heterocycles. The van der Waals surface area contributed by atoms with Crippen molar-refractivity contribution >= 4 is 97.0 Å². The van der Waals surface area contributed by atoms with Crippen LogP contribution in [-0.2, 0) is 0 Å². The molecule has 20 aromatic rings. The van der Waals surface area contributed by atoms with Crippen LogP contribution in [0.25, 0.3) is 208 Å². The molecule has 0 saturated heterocycles. The van der Waals surface area contributed by atoms with Crippen LogP contribution in [-0.4, -0.2) is 0 Å². The van der Waals surface area contributed by atoms with E-state index < -0.39 is 0 Å². The molecule has 102 heavy (non-hydrogen) atoms. The minimum absolute atomic E-state index is 1.13. The molecule has 0 saturated carbocycles. The molecule has 0 nitrogen and oxygen atoms in total. The van der Waals surface area contributed by atoms with E-state index in [1.54, 1.807) is 0 Å². The summed E-state index contributed by atoms with van der Waals surface area (Å²) in [6.45, 7) is 0. The first-order valence-electron chi connectivity index (χ1n) is 35.4. The Labute approximate surface area is 592 Å². The van der Waals surface area contributed by atoms with Crippen LogP contribution in [0.2, 0.25) is 0 Å². The Morgan fingerprint density at radius 1 is 0.108 bits per heavy atom. The molecule has 0 unspecified atom stereocenters. The summed E-state index contributed by atoms with van der Waals surface area (Å²) in [7, 11) is 0. The second kappa shape index (κ2) is 24.3. The van der Waals surface area contributed by atoms with Gasteiger partial charge in [0, 0.05) is 0 Å². The van der Waals surface area contributed by atoms with E-state index in [0.717, 1.165) is 50.1 Å². The predicted molar refractivity (Wildman–Crippen MR) is 438 cm³/mol. The Bertz CT molecular complexity index is 6310. The van der Waals surface area contributed by atoms with Crippen molar-refractivity contribution in [3.8, 4) is 111 Å². The van der Waals surface area contributed by atoms with E-state index in [0.29, 0.717) is 0 Å². The van der Waals surface area contributed by atoms with Crippen LogP contribution in [0.1, 0.15) is 0 Å². The summed E-state index contributed by atoms with van der Waals surface area (Å²) in [5.74, 6) is 0. The molecular formula is C102H64. The molecule has 0 bridgehead atoms. The maximum absolute atomic E-state index is 2.50. The van der Waals surface area contributed by atoms with Gasteiger partial charge in [-0.15, -0.1) is 0 Å². The highest BCUT2D eigenvalue weighted by Gasteiger charge is 2.24. The van der Waals surface area contributed by atoms with E-state index in [4.69, 9.17) is 0 Å². The number of rotatable bonds is 10. The monoisotopic (exact) mass is 1290 g/mol. The molecule has 0 heteroatoms. The van der Waals surface area contributed by atoms with Gasteiger partial charge in [0.2, 0.25) is 0 Å². The second-order valence-electron chi connectivity index (χ2n) is 27.3. The van der Waals surface area contributed by atoms with Gasteiger partial charge in [0.05, 0.1) is 0 Å². The molecule has 0 aliphatic carbocycles. The van der Waals surface area contributed by atoms with Gasteiger partial charge in [0.25, 0.3) is 0 Å². The molecular weight excluding hydrogens is 1230 g/mol. The predicted octanol–water partition coefficient (Wildman–Crippen LogP) is 28.7. The fourth-order valence-electron chi connectivity index (χ4n) is 16.9. The smallest absolute Gasteiger partial charge is 0.00199 e. The van der Waals surface area contributed by atoms with Gasteiger partial charge in [0.1, 0.15) is 0 Å². The maximum Gasteiger partial charge on any atom is -0.00199 e. The van der Waals surface area contributed by atoms with Crippen molar-refractivity contribution in [2.45, 2.75) is 0 Å². The number of benzene rings is 20. The lowest BCUT2D eigenvalue weighted by Crippen LogP contribution is -1.95. The molecule has 0 spiro atoms. The molecule has 0 atom stereocenters. The van der Waals surface area contributed by atoms with Gasteiger partial charge in [-0.3, -0.25) is 0 Å². The van der Waals surface area contributed by atoms with Crippen LogP contribution in [0.3, 0.4) is 0 Å². The number of hydrogen-bond donors (Lipinski definition) is 0. The lowest BCUT2D eigenvalue weighted by molar-refractivity contribution is 1.56. The SMILES string of the molecule is c1ccc2c(-c3cc(-c4cc(-c5cc(-c6cccc7ccccc67)cc(-c6cccc7ccccc67)c5)cc(-c5c6ccccc6c(-c6cccc7c(-c8cccc9ccccc89)ccc(-c8cccc9ccccc89)c67)c6ccccc56)c4)cc(-c4cccc5ccccc45)c3)cccc2c1. The third-order valence-corrected chi connectivity index (χ3v) is 21.6. The molecule has 0 N–H and O–H groups in total. The standard InChI is InChI=1S/C102H64/c1-7-36-80-65(24-1)30-17-46-86(80)75-57-73(58-76(63-75)87-47-18-31-66-25-2-8-37-81(66)87)71-56-72(74-59-77(88-48-19-32-67-26-3-9-38-82(67)88)64-78(60-74)89-49-20-33-68-27-4-10-39-83(68)89)62-79(61-71)100-94-42-13-15-44-96(94)102(97-45-16-14-43-95(97)100)99-53-23-52-93-92(90-50-21-34-69-28-5-11-40-84(69)90)54-55-98(101(93)99)91-51-22-35-70-29-6-12-41-85(70)91/h1-64H. The summed E-state index contributed by atoms with van der Waals surface area (Å²) in [5.41, 5.74) is 23.6. The first-order chi connectivity index (χ1) is 50.6. The van der Waals surface area contributed by atoms with Crippen LogP contribution in [0.15, 0.2) is 388 Å². The van der Waals surface area contributed by atoms with Gasteiger partial charge in [0.15, 0.2) is 0 Å². The minimum atomic E-state index is 1.13. The minimum Gasteiger partial charge on any atom is -0.0616 e. The summed E-state index contributed by atoms with van der Waals surface area (Å²) in [6.07, 6.45) is 0. The first kappa shape index (κ1) is 58.9. The van der Waals surface area contributed by atoms with Gasteiger partial charge in [-0.05, 0) is 263 Å². The van der Waals surface area contributed by atoms with E-state index in [1.165, 1.54) is 158 Å². The molecule has 20 rings (SSSR count). The Morgan fingerprint density at radius 3 is 0.667 bits per heavy atom. The van der Waals surface area contributed by atoms with Crippen molar-refractivity contribution in [2.75, 3.05) is 0 Å². The van der Waals surface area contributed by atoms with E-state index in [1.807, 2.05) is 0 Å². The normalized spacial score (nSPS) is 11.7. The summed E-state index contributed by atoms with van der Waals surface area (Å²) >= 11 is 0. The van der Waals surface area contributed by atoms with Gasteiger partial charge >= 0.3 is 0 Å². The average Bonchev–Trinajstić information content (AvgIpc) is 0.718. The van der Waals surface area contributed by atoms with Gasteiger partial charge < -0.3 is 0 Å². The third kappa shape index (κ3) is 9.90. The molecule has 0 aliphatic rings. The van der Waals surface area contributed by atoms with Crippen molar-refractivity contribution in [2.24, 2.45) is 0 Å². The van der Waals surface area contributed by atoms with Crippen molar-refractivity contribution in [1.82, 2.24) is 0 Å². The van der Waals surface area contributed by atoms with Crippen molar-refractivity contribution < 1.29 is 0 Å². The van der Waals surface area contributed by atoms with Crippen molar-refractivity contribution in [1.29, 1.82) is 0 Å². The summed E-state index contributed by atoms with van der Waals surface area (Å²) in [4.78, 5) is 0. The molecule has 0 radical (unpaired) electrons. The Kier molecular flexibility index (Phi) is 14.0. The summed E-state index contributed by atoms with van der Waals surface area (Å²) in [6, 6.07) is 146. The average molecular weight is 1290 g/mol. The zero-order chi connectivity index (χ0) is 67.2. The Balaban J connectivity index is 0.892. The molecule has 472 valence electrons. The second-order valence-corrected chi connectivity index (χ2v) is 27.3. The Hall–Kier alpha value is -13.3. The van der Waals surface area contributed by atoms with Crippen molar-refractivity contribution in [3.05, 3.63) is 388 Å². The van der Waals surface area contributed by atoms with E-state index >= 15 is 0 Å². The quantitative estimate of drug-likeness (QED) is 0.120. The molecule has 0 amide bonds. The van der Waals surface area contributed by atoms with E-state index in [-0.39, 0.29) is 0 Å². The first-order valence-corrected chi connectivity index (χ1v) is 35.4. The third-order valence-electron chi connectivity index (χ3n) is 21.6. The molecule has 0 aromatic heterocycles. The van der Waals surface area contributed by atoms with Crippen LogP contribution in [0.5, 0.6) is 0 Å².